The van der Waals surface area contributed by atoms with E-state index >= 15 is 0 Å². The molecule has 1 aliphatic heterocycles. The summed E-state index contributed by atoms with van der Waals surface area (Å²) in [5.41, 5.74) is 1.68. The molecule has 0 bridgehead atoms. The Morgan fingerprint density at radius 3 is 2.71 bits per heavy atom. The van der Waals surface area contributed by atoms with Gasteiger partial charge in [-0.05, 0) is 49.9 Å². The number of anilines is 1. The molecule has 0 atom stereocenters. The molecule has 0 aliphatic carbocycles. The molecule has 31 heavy (non-hydrogen) atoms. The molecular formula is C20H22N4O5S2. The van der Waals surface area contributed by atoms with E-state index in [4.69, 9.17) is 9.15 Å². The van der Waals surface area contributed by atoms with Gasteiger partial charge in [-0.2, -0.15) is 0 Å². The predicted octanol–water partition coefficient (Wildman–Crippen LogP) is 3.54. The number of hydrogen-bond acceptors (Lipinski definition) is 8. The molecule has 2 aromatic heterocycles. The van der Waals surface area contributed by atoms with Crippen LogP contribution < -0.4 is 9.46 Å². The minimum absolute atomic E-state index is 0.0770. The number of nitrogens with zero attached hydrogens (tertiary/aromatic N) is 3. The number of likely N-dealkylation sites (tertiary alicyclic amines) is 1. The highest BCUT2D eigenvalue weighted by molar-refractivity contribution is 7.94. The number of carbonyl (C=O) groups is 1. The van der Waals surface area contributed by atoms with Gasteiger partial charge in [0.05, 0.1) is 18.4 Å². The first-order valence-electron chi connectivity index (χ1n) is 9.76. The van der Waals surface area contributed by atoms with E-state index in [1.807, 2.05) is 13.0 Å². The lowest BCUT2D eigenvalue weighted by atomic mass is 10.1. The molecule has 0 spiro atoms. The molecule has 1 aliphatic rings. The molecule has 11 heteroatoms. The minimum atomic E-state index is -3.85. The van der Waals surface area contributed by atoms with Crippen molar-refractivity contribution < 1.29 is 22.4 Å². The number of carbonyl (C=O) groups excluding carboxylic acids is 1. The highest BCUT2D eigenvalue weighted by Gasteiger charge is 2.25. The zero-order valence-electron chi connectivity index (χ0n) is 17.1. The van der Waals surface area contributed by atoms with Gasteiger partial charge in [-0.1, -0.05) is 6.07 Å². The maximum absolute atomic E-state index is 12.9. The fourth-order valence-electron chi connectivity index (χ4n) is 3.32. The van der Waals surface area contributed by atoms with Gasteiger partial charge in [-0.3, -0.25) is 9.52 Å². The van der Waals surface area contributed by atoms with Crippen LogP contribution >= 0.6 is 11.3 Å². The van der Waals surface area contributed by atoms with Gasteiger partial charge in [0, 0.05) is 18.5 Å². The number of ether oxygens (including phenoxy) is 1. The first-order chi connectivity index (χ1) is 14.9. The fraction of sp³-hybridized carbons (Fsp3) is 0.350. The normalized spacial score (nSPS) is 14.5. The van der Waals surface area contributed by atoms with Crippen LogP contribution in [0.25, 0.3) is 11.5 Å². The maximum atomic E-state index is 12.9. The summed E-state index contributed by atoms with van der Waals surface area (Å²) in [5, 5.41) is 9.38. The van der Waals surface area contributed by atoms with E-state index in [9.17, 15) is 13.2 Å². The van der Waals surface area contributed by atoms with E-state index in [0.717, 1.165) is 36.2 Å². The molecule has 3 heterocycles. The molecule has 1 aromatic carbocycles. The van der Waals surface area contributed by atoms with Crippen molar-refractivity contribution in [3.05, 3.63) is 41.1 Å². The monoisotopic (exact) mass is 462 g/mol. The highest BCUT2D eigenvalue weighted by Crippen LogP contribution is 2.32. The highest BCUT2D eigenvalue weighted by atomic mass is 32.2. The largest absolute Gasteiger partial charge is 0.495 e. The number of rotatable bonds is 6. The number of hydrogen-bond donors (Lipinski definition) is 1. The molecule has 0 unspecified atom stereocenters. The first kappa shape index (κ1) is 21.3. The summed E-state index contributed by atoms with van der Waals surface area (Å²) in [4.78, 5) is 14.2. The predicted molar refractivity (Wildman–Crippen MR) is 116 cm³/mol. The molecule has 3 aromatic rings. The zero-order chi connectivity index (χ0) is 22.0. The van der Waals surface area contributed by atoms with Crippen molar-refractivity contribution in [3.8, 4) is 17.2 Å². The second kappa shape index (κ2) is 8.67. The van der Waals surface area contributed by atoms with E-state index in [1.54, 1.807) is 22.4 Å². The zero-order valence-corrected chi connectivity index (χ0v) is 18.8. The lowest BCUT2D eigenvalue weighted by Crippen LogP contribution is -2.35. The van der Waals surface area contributed by atoms with Crippen LogP contribution in [-0.4, -0.2) is 49.6 Å². The van der Waals surface area contributed by atoms with Crippen molar-refractivity contribution in [1.82, 2.24) is 15.1 Å². The number of amides is 1. The number of methoxy groups -OCH3 is 1. The van der Waals surface area contributed by atoms with E-state index in [-0.39, 0.29) is 21.9 Å². The Hall–Kier alpha value is -2.92. The number of piperidine rings is 1. The fourth-order valence-corrected chi connectivity index (χ4v) is 5.54. The first-order valence-corrected chi connectivity index (χ1v) is 12.1. The van der Waals surface area contributed by atoms with Gasteiger partial charge in [0.2, 0.25) is 5.89 Å². The smallest absolute Gasteiger partial charge is 0.311 e. The van der Waals surface area contributed by atoms with Crippen molar-refractivity contribution in [2.75, 3.05) is 24.9 Å². The molecule has 1 saturated heterocycles. The van der Waals surface area contributed by atoms with Crippen molar-refractivity contribution in [1.29, 1.82) is 0 Å². The molecule has 164 valence electrons. The number of aryl methyl sites for hydroxylation is 1. The van der Waals surface area contributed by atoms with E-state index in [0.29, 0.717) is 30.1 Å². The summed E-state index contributed by atoms with van der Waals surface area (Å²) in [6, 6.07) is 6.67. The van der Waals surface area contributed by atoms with Crippen molar-refractivity contribution in [2.24, 2.45) is 0 Å². The van der Waals surface area contributed by atoms with Gasteiger partial charge in [0.25, 0.3) is 10.0 Å². The topological polar surface area (TPSA) is 115 Å². The third kappa shape index (κ3) is 4.57. The number of aromatic nitrogens is 2. The minimum Gasteiger partial charge on any atom is -0.495 e. The van der Waals surface area contributed by atoms with Crippen LogP contribution in [0.4, 0.5) is 5.69 Å². The maximum Gasteiger partial charge on any atom is 0.311 e. The molecule has 1 N–H and O–H groups in total. The van der Waals surface area contributed by atoms with Crippen LogP contribution in [0.3, 0.4) is 0 Å². The van der Waals surface area contributed by atoms with Crippen molar-refractivity contribution in [2.45, 2.75) is 30.4 Å². The standard InChI is InChI=1S/C20H22N4O5S2/c1-13-6-7-16(28-2)15(10-13)23-31(26,27)17-11-14(12-30-17)18-21-22-19(29-18)20(25)24-8-4-3-5-9-24/h6-7,10-12,23H,3-5,8-9H2,1-2H3. The van der Waals surface area contributed by atoms with Gasteiger partial charge >= 0.3 is 11.8 Å². The van der Waals surface area contributed by atoms with Crippen LogP contribution in [0.1, 0.15) is 35.5 Å². The Balaban J connectivity index is 1.54. The van der Waals surface area contributed by atoms with Crippen molar-refractivity contribution >= 4 is 33.0 Å². The molecule has 0 saturated carbocycles. The summed E-state index contributed by atoms with van der Waals surface area (Å²) >= 11 is 1.02. The third-order valence-electron chi connectivity index (χ3n) is 4.94. The average Bonchev–Trinajstić information content (AvgIpc) is 3.44. The summed E-state index contributed by atoms with van der Waals surface area (Å²) < 4.78 is 39.1. The lowest BCUT2D eigenvalue weighted by molar-refractivity contribution is 0.0684. The van der Waals surface area contributed by atoms with Crippen LogP contribution in [0.2, 0.25) is 0 Å². The summed E-state index contributed by atoms with van der Waals surface area (Å²) in [6.07, 6.45) is 3.02. The molecule has 0 radical (unpaired) electrons. The van der Waals surface area contributed by atoms with Crippen molar-refractivity contribution in [3.63, 3.8) is 0 Å². The number of nitrogens with one attached hydrogen (secondary N) is 1. The van der Waals surface area contributed by atoms with Crippen LogP contribution in [0, 0.1) is 6.92 Å². The Bertz CT molecular complexity index is 1200. The quantitative estimate of drug-likeness (QED) is 0.596. The van der Waals surface area contributed by atoms with E-state index in [1.165, 1.54) is 13.2 Å². The Kier molecular flexibility index (Phi) is 5.96. The second-order valence-corrected chi connectivity index (χ2v) is 10.0. The van der Waals surface area contributed by atoms with Gasteiger partial charge in [0.15, 0.2) is 0 Å². The third-order valence-corrected chi connectivity index (χ3v) is 7.74. The molecular weight excluding hydrogens is 440 g/mol. The molecule has 1 fully saturated rings. The summed E-state index contributed by atoms with van der Waals surface area (Å²) in [5.74, 6) is 0.139. The number of thiophene rings is 1. The average molecular weight is 463 g/mol. The number of sulfonamides is 1. The molecule has 4 rings (SSSR count). The van der Waals surface area contributed by atoms with Gasteiger partial charge in [-0.25, -0.2) is 8.42 Å². The summed E-state index contributed by atoms with van der Waals surface area (Å²) in [6.45, 7) is 3.20. The van der Waals surface area contributed by atoms with E-state index in [2.05, 4.69) is 14.9 Å². The Labute approximate surface area is 184 Å². The van der Waals surface area contributed by atoms with Gasteiger partial charge < -0.3 is 14.1 Å². The summed E-state index contributed by atoms with van der Waals surface area (Å²) in [7, 11) is -2.38. The second-order valence-electron chi connectivity index (χ2n) is 7.23. The SMILES string of the molecule is COc1ccc(C)cc1NS(=O)(=O)c1cc(-c2nnc(C(=O)N3CCCCC3)o2)cs1. The van der Waals surface area contributed by atoms with Crippen LogP contribution in [0.5, 0.6) is 5.75 Å². The molecule has 9 nitrogen and oxygen atoms in total. The van der Waals surface area contributed by atoms with E-state index < -0.39 is 10.0 Å². The van der Waals surface area contributed by atoms with Crippen LogP contribution in [-0.2, 0) is 10.0 Å². The van der Waals surface area contributed by atoms with Gasteiger partial charge in [0.1, 0.15) is 9.96 Å². The van der Waals surface area contributed by atoms with Gasteiger partial charge in [-0.15, -0.1) is 21.5 Å². The van der Waals surface area contributed by atoms with Crippen LogP contribution in [0.15, 0.2) is 38.3 Å². The number of benzene rings is 1. The Morgan fingerprint density at radius 2 is 1.97 bits per heavy atom. The molecule has 1 amide bonds. The Morgan fingerprint density at radius 1 is 1.19 bits per heavy atom. The lowest BCUT2D eigenvalue weighted by Gasteiger charge is -2.24.